The molecule has 10 rings (SSSR count). The Labute approximate surface area is 288 Å². The minimum atomic E-state index is -0.228. The topological polar surface area (TPSA) is 24.5 Å². The van der Waals surface area contributed by atoms with Crippen molar-refractivity contribution in [3.05, 3.63) is 175 Å². The van der Waals surface area contributed by atoms with Gasteiger partial charge in [0.15, 0.2) is 12.0 Å². The highest BCUT2D eigenvalue weighted by Crippen LogP contribution is 2.47. The first-order valence-corrected chi connectivity index (χ1v) is 17.4. The molecule has 1 unspecified atom stereocenters. The summed E-state index contributed by atoms with van der Waals surface area (Å²) in [6, 6.07) is 60.9. The van der Waals surface area contributed by atoms with Gasteiger partial charge in [-0.15, -0.1) is 11.3 Å². The molecule has 4 heteroatoms. The molecule has 0 aliphatic carbocycles. The lowest BCUT2D eigenvalue weighted by Gasteiger charge is -2.26. The lowest BCUT2D eigenvalue weighted by molar-refractivity contribution is 0.263. The Hall–Kier alpha value is -6.10. The van der Waals surface area contributed by atoms with Gasteiger partial charge in [0, 0.05) is 48.2 Å². The molecule has 0 fully saturated rings. The fourth-order valence-electron chi connectivity index (χ4n) is 7.35. The van der Waals surface area contributed by atoms with Gasteiger partial charge >= 0.3 is 0 Å². The largest absolute Gasteiger partial charge is 0.464 e. The maximum Gasteiger partial charge on any atom is 0.196 e. The van der Waals surface area contributed by atoms with Gasteiger partial charge in [0.1, 0.15) is 0 Å². The van der Waals surface area contributed by atoms with E-state index < -0.39 is 0 Å². The number of ether oxygens (including phenoxy) is 1. The highest BCUT2D eigenvalue weighted by atomic mass is 32.1. The summed E-state index contributed by atoms with van der Waals surface area (Å²) < 4.78 is 9.32. The second kappa shape index (κ2) is 11.3. The van der Waals surface area contributed by atoms with Crippen molar-refractivity contribution in [2.24, 2.45) is 0 Å². The molecule has 0 amide bonds. The van der Waals surface area contributed by atoms with Crippen LogP contribution in [0.4, 0.5) is 22.7 Å². The molecule has 49 heavy (non-hydrogen) atoms. The van der Waals surface area contributed by atoms with Gasteiger partial charge in [0.05, 0.1) is 5.69 Å². The van der Waals surface area contributed by atoms with Crippen molar-refractivity contribution in [3.63, 3.8) is 0 Å². The van der Waals surface area contributed by atoms with Crippen molar-refractivity contribution in [1.29, 1.82) is 0 Å². The van der Waals surface area contributed by atoms with E-state index in [1.54, 1.807) is 0 Å². The molecule has 0 bridgehead atoms. The van der Waals surface area contributed by atoms with Crippen molar-refractivity contribution in [1.82, 2.24) is 0 Å². The summed E-state index contributed by atoms with van der Waals surface area (Å²) in [5.41, 5.74) is 7.88. The SMILES string of the molecule is c1ccc(C2Nc3ccc4ccc5ccc(N(c6ccccc6)c6cccc(-c7cccc8c7sc7ccccc78)c6)cc5c4c3O2)cc1. The molecule has 1 N–H and O–H groups in total. The highest BCUT2D eigenvalue weighted by molar-refractivity contribution is 7.26. The molecule has 0 saturated carbocycles. The summed E-state index contributed by atoms with van der Waals surface area (Å²) in [4.78, 5) is 2.36. The summed E-state index contributed by atoms with van der Waals surface area (Å²) in [7, 11) is 0. The van der Waals surface area contributed by atoms with E-state index in [2.05, 4.69) is 174 Å². The fourth-order valence-corrected chi connectivity index (χ4v) is 8.59. The smallest absolute Gasteiger partial charge is 0.196 e. The Morgan fingerprint density at radius 1 is 0.531 bits per heavy atom. The second-order valence-electron chi connectivity index (χ2n) is 12.6. The van der Waals surface area contributed by atoms with Crippen LogP contribution in [0.15, 0.2) is 170 Å². The number of hydrogen-bond donors (Lipinski definition) is 1. The maximum atomic E-state index is 6.68. The number of hydrogen-bond acceptors (Lipinski definition) is 4. The molecule has 2 heterocycles. The molecule has 0 spiro atoms. The van der Waals surface area contributed by atoms with Gasteiger partial charge in [-0.2, -0.15) is 0 Å². The van der Waals surface area contributed by atoms with Crippen LogP contribution in [0.5, 0.6) is 5.75 Å². The zero-order valence-corrected chi connectivity index (χ0v) is 27.3. The standard InChI is InChI=1S/C45H30N2OS/c1-3-11-31(12-4-1)45-46-40-26-24-30-22-21-29-23-25-35(28-39(29)42(30)43(40)48-45)47(33-14-5-2-6-15-33)34-16-9-13-32(27-34)36-18-10-19-38-37-17-7-8-20-41(37)49-44(36)38/h1-28,45-46H. The normalized spacial score (nSPS) is 13.8. The van der Waals surface area contributed by atoms with Crippen molar-refractivity contribution < 1.29 is 4.74 Å². The van der Waals surface area contributed by atoms with Crippen LogP contribution in [0.1, 0.15) is 11.8 Å². The molecule has 232 valence electrons. The van der Waals surface area contributed by atoms with Gasteiger partial charge in [-0.3, -0.25) is 0 Å². The van der Waals surface area contributed by atoms with Gasteiger partial charge in [-0.25, -0.2) is 0 Å². The number of anilines is 4. The Morgan fingerprint density at radius 2 is 1.22 bits per heavy atom. The van der Waals surface area contributed by atoms with E-state index in [9.17, 15) is 0 Å². The third-order valence-electron chi connectivity index (χ3n) is 9.66. The van der Waals surface area contributed by atoms with E-state index in [4.69, 9.17) is 4.74 Å². The van der Waals surface area contributed by atoms with Gasteiger partial charge in [-0.05, 0) is 75.8 Å². The third kappa shape index (κ3) is 4.64. The zero-order chi connectivity index (χ0) is 32.3. The Kier molecular flexibility index (Phi) is 6.42. The van der Waals surface area contributed by atoms with E-state index >= 15 is 0 Å². The lowest BCUT2D eigenvalue weighted by atomic mass is 9.99. The quantitative estimate of drug-likeness (QED) is 0.188. The first-order valence-electron chi connectivity index (χ1n) is 16.6. The molecule has 1 atom stereocenters. The number of para-hydroxylation sites is 1. The Morgan fingerprint density at radius 3 is 2.12 bits per heavy atom. The van der Waals surface area contributed by atoms with E-state index in [-0.39, 0.29) is 6.23 Å². The molecule has 0 saturated heterocycles. The van der Waals surface area contributed by atoms with Gasteiger partial charge in [0.2, 0.25) is 0 Å². The van der Waals surface area contributed by atoms with Gasteiger partial charge in [0.25, 0.3) is 0 Å². The third-order valence-corrected chi connectivity index (χ3v) is 10.9. The van der Waals surface area contributed by atoms with Crippen LogP contribution in [0.3, 0.4) is 0 Å². The molecule has 1 aliphatic heterocycles. The summed E-state index contributed by atoms with van der Waals surface area (Å²) in [5, 5.41) is 10.9. The first kappa shape index (κ1) is 28.0. The molecular weight excluding hydrogens is 617 g/mol. The van der Waals surface area contributed by atoms with Crippen LogP contribution in [0.2, 0.25) is 0 Å². The number of rotatable bonds is 5. The number of thiophene rings is 1. The Bertz CT molecular complexity index is 2680. The number of nitrogens with zero attached hydrogens (tertiary/aromatic N) is 1. The van der Waals surface area contributed by atoms with Crippen LogP contribution < -0.4 is 15.0 Å². The lowest BCUT2D eigenvalue weighted by Crippen LogP contribution is -2.10. The molecular formula is C45H30N2OS. The van der Waals surface area contributed by atoms with Crippen LogP contribution in [-0.4, -0.2) is 0 Å². The molecule has 1 aliphatic rings. The number of nitrogens with one attached hydrogen (secondary N) is 1. The molecule has 0 radical (unpaired) electrons. The number of fused-ring (bicyclic) bond motifs is 8. The molecule has 9 aromatic rings. The molecule has 3 nitrogen and oxygen atoms in total. The van der Waals surface area contributed by atoms with E-state index in [0.29, 0.717) is 0 Å². The van der Waals surface area contributed by atoms with Crippen molar-refractivity contribution >= 4 is 75.8 Å². The predicted octanol–water partition coefficient (Wildman–Crippen LogP) is 13.0. The van der Waals surface area contributed by atoms with Crippen LogP contribution in [-0.2, 0) is 0 Å². The van der Waals surface area contributed by atoms with Crippen molar-refractivity contribution in [3.8, 4) is 16.9 Å². The maximum absolute atomic E-state index is 6.68. The summed E-state index contributed by atoms with van der Waals surface area (Å²) in [5.74, 6) is 0.902. The van der Waals surface area contributed by atoms with Crippen LogP contribution in [0.25, 0.3) is 52.8 Å². The Balaban J connectivity index is 1.14. The average Bonchev–Trinajstić information content (AvgIpc) is 3.78. The van der Waals surface area contributed by atoms with Gasteiger partial charge in [-0.1, -0.05) is 121 Å². The van der Waals surface area contributed by atoms with E-state index in [1.807, 2.05) is 17.4 Å². The van der Waals surface area contributed by atoms with Crippen molar-refractivity contribution in [2.45, 2.75) is 6.23 Å². The fraction of sp³-hybridized carbons (Fsp3) is 0.0222. The molecule has 8 aromatic carbocycles. The monoisotopic (exact) mass is 646 g/mol. The van der Waals surface area contributed by atoms with Crippen LogP contribution in [0, 0.1) is 0 Å². The van der Waals surface area contributed by atoms with E-state index in [1.165, 1.54) is 36.7 Å². The summed E-state index contributed by atoms with van der Waals surface area (Å²) in [6.07, 6.45) is -0.228. The second-order valence-corrected chi connectivity index (χ2v) is 13.6. The predicted molar refractivity (Wildman–Crippen MR) is 208 cm³/mol. The van der Waals surface area contributed by atoms with Crippen molar-refractivity contribution in [2.75, 3.05) is 10.2 Å². The van der Waals surface area contributed by atoms with Gasteiger partial charge < -0.3 is 15.0 Å². The minimum absolute atomic E-state index is 0.228. The van der Waals surface area contributed by atoms with E-state index in [0.717, 1.165) is 50.2 Å². The number of benzene rings is 8. The van der Waals surface area contributed by atoms with Crippen LogP contribution >= 0.6 is 11.3 Å². The summed E-state index contributed by atoms with van der Waals surface area (Å²) >= 11 is 1.87. The average molecular weight is 647 g/mol. The zero-order valence-electron chi connectivity index (χ0n) is 26.5. The molecule has 1 aromatic heterocycles. The minimum Gasteiger partial charge on any atom is -0.464 e. The summed E-state index contributed by atoms with van der Waals surface area (Å²) in [6.45, 7) is 0. The first-order chi connectivity index (χ1) is 24.3. The highest BCUT2D eigenvalue weighted by Gasteiger charge is 2.26.